The van der Waals surface area contributed by atoms with E-state index in [1.807, 2.05) is 0 Å². The maximum Gasteiger partial charge on any atom is 0.325 e. The first-order valence-corrected chi connectivity index (χ1v) is 5.34. The molecule has 1 spiro atoms. The molecule has 1 aliphatic heterocycles. The number of hydrogen-bond acceptors (Lipinski definition) is 2. The summed E-state index contributed by atoms with van der Waals surface area (Å²) in [5.41, 5.74) is -0.495. The summed E-state index contributed by atoms with van der Waals surface area (Å²) < 4.78 is 0. The number of nitrogens with zero attached hydrogens (tertiary/aromatic N) is 1. The molecule has 14 heavy (non-hydrogen) atoms. The van der Waals surface area contributed by atoms with Gasteiger partial charge in [0, 0.05) is 6.54 Å². The molecule has 4 heteroatoms. The van der Waals surface area contributed by atoms with Crippen molar-refractivity contribution in [1.29, 1.82) is 0 Å². The molecule has 0 bridgehead atoms. The molecule has 3 amide bonds. The zero-order valence-electron chi connectivity index (χ0n) is 8.51. The van der Waals surface area contributed by atoms with Gasteiger partial charge in [0.15, 0.2) is 0 Å². The van der Waals surface area contributed by atoms with Crippen molar-refractivity contribution in [2.45, 2.75) is 44.6 Å². The van der Waals surface area contributed by atoms with Crippen molar-refractivity contribution in [3.63, 3.8) is 0 Å². The molecule has 0 aromatic heterocycles. The molecule has 4 nitrogen and oxygen atoms in total. The first-order valence-electron chi connectivity index (χ1n) is 5.34. The molecule has 0 radical (unpaired) electrons. The molecule has 0 unspecified atom stereocenters. The van der Waals surface area contributed by atoms with E-state index in [-0.39, 0.29) is 11.9 Å². The fourth-order valence-electron chi connectivity index (χ4n) is 2.06. The molecule has 2 rings (SSSR count). The third-order valence-corrected chi connectivity index (χ3v) is 3.19. The number of imide groups is 1. The Balaban J connectivity index is 2.04. The number of nitrogens with one attached hydrogen (secondary N) is 1. The summed E-state index contributed by atoms with van der Waals surface area (Å²) >= 11 is 0. The zero-order valence-corrected chi connectivity index (χ0v) is 8.51. The average molecular weight is 196 g/mol. The van der Waals surface area contributed by atoms with Crippen molar-refractivity contribution in [3.05, 3.63) is 0 Å². The summed E-state index contributed by atoms with van der Waals surface area (Å²) in [6, 6.07) is -0.192. The number of carbonyl (C=O) groups excluding carboxylic acids is 2. The number of urea groups is 1. The molecule has 1 heterocycles. The van der Waals surface area contributed by atoms with Gasteiger partial charge in [-0.25, -0.2) is 4.79 Å². The van der Waals surface area contributed by atoms with Gasteiger partial charge in [0.25, 0.3) is 5.91 Å². The van der Waals surface area contributed by atoms with Crippen molar-refractivity contribution in [2.75, 3.05) is 6.54 Å². The molecule has 78 valence electrons. The molecule has 0 aromatic rings. The van der Waals surface area contributed by atoms with Crippen molar-refractivity contribution >= 4 is 11.9 Å². The number of carbonyl (C=O) groups is 2. The molecule has 1 aliphatic carbocycles. The van der Waals surface area contributed by atoms with Crippen LogP contribution in [0.1, 0.15) is 39.0 Å². The van der Waals surface area contributed by atoms with E-state index in [0.29, 0.717) is 6.54 Å². The Kier molecular flexibility index (Phi) is 2.21. The lowest BCUT2D eigenvalue weighted by Crippen LogP contribution is -2.52. The number of amides is 3. The topological polar surface area (TPSA) is 49.4 Å². The third-order valence-electron chi connectivity index (χ3n) is 3.19. The highest BCUT2D eigenvalue weighted by atomic mass is 16.2. The quantitative estimate of drug-likeness (QED) is 0.691. The maximum absolute atomic E-state index is 11.9. The molecule has 2 fully saturated rings. The van der Waals surface area contributed by atoms with E-state index >= 15 is 0 Å². The van der Waals surface area contributed by atoms with E-state index in [1.165, 1.54) is 4.90 Å². The summed E-state index contributed by atoms with van der Waals surface area (Å²) in [4.78, 5) is 24.7. The van der Waals surface area contributed by atoms with E-state index in [9.17, 15) is 9.59 Å². The smallest absolute Gasteiger partial charge is 0.323 e. The zero-order chi connectivity index (χ0) is 10.2. The largest absolute Gasteiger partial charge is 0.325 e. The molecule has 2 aliphatic rings. The molecular weight excluding hydrogens is 180 g/mol. The Labute approximate surface area is 83.6 Å². The molecule has 0 atom stereocenters. The van der Waals surface area contributed by atoms with Crippen LogP contribution in [0.2, 0.25) is 0 Å². The van der Waals surface area contributed by atoms with Crippen molar-refractivity contribution in [1.82, 2.24) is 10.2 Å². The van der Waals surface area contributed by atoms with Gasteiger partial charge in [0.05, 0.1) is 0 Å². The number of rotatable bonds is 3. The Hall–Kier alpha value is -1.06. The highest BCUT2D eigenvalue weighted by Gasteiger charge is 2.54. The molecular formula is C10H16N2O2. The predicted octanol–water partition coefficient (Wildman–Crippen LogP) is 1.26. The minimum Gasteiger partial charge on any atom is -0.323 e. The van der Waals surface area contributed by atoms with Crippen LogP contribution in [-0.2, 0) is 4.79 Å². The second-order valence-corrected chi connectivity index (χ2v) is 4.18. The molecule has 0 aromatic carbocycles. The second kappa shape index (κ2) is 3.26. The van der Waals surface area contributed by atoms with Crippen molar-refractivity contribution in [2.24, 2.45) is 0 Å². The SMILES string of the molecule is CCCCN1C(=O)NC2(CCC2)C1=O. The fourth-order valence-corrected chi connectivity index (χ4v) is 2.06. The van der Waals surface area contributed by atoms with Gasteiger partial charge in [0.2, 0.25) is 0 Å². The Morgan fingerprint density at radius 1 is 1.43 bits per heavy atom. The minimum absolute atomic E-state index is 0.00204. The predicted molar refractivity (Wildman–Crippen MR) is 51.7 cm³/mol. The molecule has 1 N–H and O–H groups in total. The van der Waals surface area contributed by atoms with Crippen LogP contribution in [0.5, 0.6) is 0 Å². The summed E-state index contributed by atoms with van der Waals surface area (Å²) in [7, 11) is 0. The normalized spacial score (nSPS) is 23.9. The van der Waals surface area contributed by atoms with Crippen LogP contribution >= 0.6 is 0 Å². The lowest BCUT2D eigenvalue weighted by Gasteiger charge is -2.34. The standard InChI is InChI=1S/C10H16N2O2/c1-2-3-7-12-8(13)10(5-4-6-10)11-9(12)14/h2-7H2,1H3,(H,11,14). The number of hydrogen-bond donors (Lipinski definition) is 1. The Bertz CT molecular complexity index is 271. The average Bonchev–Trinajstić information content (AvgIpc) is 2.35. The fraction of sp³-hybridized carbons (Fsp3) is 0.800. The maximum atomic E-state index is 11.9. The summed E-state index contributed by atoms with van der Waals surface area (Å²) in [5, 5.41) is 2.81. The third kappa shape index (κ3) is 1.21. The lowest BCUT2D eigenvalue weighted by atomic mass is 9.77. The van der Waals surface area contributed by atoms with E-state index in [2.05, 4.69) is 12.2 Å². The van der Waals surface area contributed by atoms with Gasteiger partial charge in [-0.05, 0) is 25.7 Å². The van der Waals surface area contributed by atoms with Crippen LogP contribution < -0.4 is 5.32 Å². The van der Waals surface area contributed by atoms with Crippen LogP contribution in [0.25, 0.3) is 0 Å². The van der Waals surface area contributed by atoms with E-state index in [0.717, 1.165) is 32.1 Å². The molecule has 1 saturated heterocycles. The van der Waals surface area contributed by atoms with Crippen LogP contribution in [0, 0.1) is 0 Å². The van der Waals surface area contributed by atoms with E-state index in [1.54, 1.807) is 0 Å². The Morgan fingerprint density at radius 2 is 2.14 bits per heavy atom. The van der Waals surface area contributed by atoms with Gasteiger partial charge in [-0.2, -0.15) is 0 Å². The van der Waals surface area contributed by atoms with E-state index in [4.69, 9.17) is 0 Å². The first-order chi connectivity index (χ1) is 6.69. The Morgan fingerprint density at radius 3 is 2.57 bits per heavy atom. The number of unbranched alkanes of at least 4 members (excludes halogenated alkanes) is 1. The lowest BCUT2D eigenvalue weighted by molar-refractivity contribution is -0.134. The van der Waals surface area contributed by atoms with Gasteiger partial charge in [-0.15, -0.1) is 0 Å². The highest BCUT2D eigenvalue weighted by molar-refractivity contribution is 6.07. The van der Waals surface area contributed by atoms with Gasteiger partial charge in [0.1, 0.15) is 5.54 Å². The van der Waals surface area contributed by atoms with E-state index < -0.39 is 5.54 Å². The van der Waals surface area contributed by atoms with Gasteiger partial charge in [-0.1, -0.05) is 13.3 Å². The summed E-state index contributed by atoms with van der Waals surface area (Å²) in [5.74, 6) is 0.00204. The van der Waals surface area contributed by atoms with Crippen molar-refractivity contribution < 1.29 is 9.59 Å². The van der Waals surface area contributed by atoms with Crippen LogP contribution in [0.3, 0.4) is 0 Å². The second-order valence-electron chi connectivity index (χ2n) is 4.18. The van der Waals surface area contributed by atoms with Gasteiger partial charge in [-0.3, -0.25) is 9.69 Å². The summed E-state index contributed by atoms with van der Waals surface area (Å²) in [6.07, 6.45) is 4.59. The van der Waals surface area contributed by atoms with Gasteiger partial charge < -0.3 is 5.32 Å². The van der Waals surface area contributed by atoms with Crippen LogP contribution in [0.4, 0.5) is 4.79 Å². The molecule has 1 saturated carbocycles. The monoisotopic (exact) mass is 196 g/mol. The van der Waals surface area contributed by atoms with Crippen LogP contribution in [0.15, 0.2) is 0 Å². The first kappa shape index (κ1) is 9.49. The summed E-state index contributed by atoms with van der Waals surface area (Å²) in [6.45, 7) is 2.63. The highest BCUT2D eigenvalue weighted by Crippen LogP contribution is 2.37. The minimum atomic E-state index is -0.495. The van der Waals surface area contributed by atoms with Gasteiger partial charge >= 0.3 is 6.03 Å². The van der Waals surface area contributed by atoms with Crippen molar-refractivity contribution in [3.8, 4) is 0 Å². The van der Waals surface area contributed by atoms with Crippen LogP contribution in [-0.4, -0.2) is 28.9 Å².